The maximum atomic E-state index is 14.1. The molecule has 2 unspecified atom stereocenters. The second-order valence-corrected chi connectivity index (χ2v) is 12.3. The topological polar surface area (TPSA) is 102 Å². The number of aromatic nitrogens is 2. The number of allylic oxidation sites excluding steroid dienone is 2. The second kappa shape index (κ2) is 9.30. The molecule has 3 fully saturated rings. The van der Waals surface area contributed by atoms with Crippen LogP contribution in [-0.4, -0.2) is 62.9 Å². The van der Waals surface area contributed by atoms with Gasteiger partial charge in [-0.05, 0) is 68.1 Å². The van der Waals surface area contributed by atoms with Crippen molar-refractivity contribution in [3.8, 4) is 0 Å². The van der Waals surface area contributed by atoms with Crippen molar-refractivity contribution in [3.05, 3.63) is 57.4 Å². The number of likely N-dealkylation sites (tertiary alicyclic amines) is 1. The summed E-state index contributed by atoms with van der Waals surface area (Å²) in [6, 6.07) is 5.63. The highest BCUT2D eigenvalue weighted by Gasteiger charge is 2.52. The quantitative estimate of drug-likeness (QED) is 0.590. The van der Waals surface area contributed by atoms with Gasteiger partial charge in [0.05, 0.1) is 47.6 Å². The van der Waals surface area contributed by atoms with Crippen LogP contribution in [0.25, 0.3) is 5.57 Å². The van der Waals surface area contributed by atoms with Crippen LogP contribution in [0, 0.1) is 11.8 Å². The lowest BCUT2D eigenvalue weighted by molar-refractivity contribution is -0.223. The van der Waals surface area contributed by atoms with Crippen LogP contribution < -0.4 is 0 Å². The molecule has 1 spiro atoms. The van der Waals surface area contributed by atoms with Gasteiger partial charge in [-0.1, -0.05) is 29.8 Å². The summed E-state index contributed by atoms with van der Waals surface area (Å²) in [6.45, 7) is 2.08. The first-order valence-electron chi connectivity index (χ1n) is 14.1. The average Bonchev–Trinajstić information content (AvgIpc) is 3.66. The van der Waals surface area contributed by atoms with Crippen molar-refractivity contribution < 1.29 is 24.2 Å². The maximum absolute atomic E-state index is 14.1. The molecule has 2 atom stereocenters. The van der Waals surface area contributed by atoms with E-state index in [0.717, 1.165) is 54.0 Å². The molecule has 0 bridgehead atoms. The van der Waals surface area contributed by atoms with Crippen molar-refractivity contribution in [2.24, 2.45) is 11.8 Å². The molecule has 0 radical (unpaired) electrons. The van der Waals surface area contributed by atoms with Gasteiger partial charge in [-0.2, -0.15) is 9.78 Å². The third-order valence-electron chi connectivity index (χ3n) is 9.39. The van der Waals surface area contributed by atoms with Crippen LogP contribution in [-0.2, 0) is 27.2 Å². The summed E-state index contributed by atoms with van der Waals surface area (Å²) in [5.41, 5.74) is 4.92. The highest BCUT2D eigenvalue weighted by atomic mass is 35.5. The molecule has 1 aromatic heterocycles. The summed E-state index contributed by atoms with van der Waals surface area (Å²) in [5.74, 6) is -1.16. The number of fused-ring (bicyclic) bond motifs is 1. The second-order valence-electron chi connectivity index (χ2n) is 11.9. The summed E-state index contributed by atoms with van der Waals surface area (Å²) in [6.07, 6.45) is 8.47. The molecular weight excluding hydrogens is 518 g/mol. The van der Waals surface area contributed by atoms with Crippen LogP contribution in [0.1, 0.15) is 83.7 Å². The molecule has 3 heterocycles. The van der Waals surface area contributed by atoms with Crippen LogP contribution in [0.2, 0.25) is 5.02 Å². The normalized spacial score (nSPS) is 25.4. The number of ether oxygens (including phenoxy) is 1. The first-order chi connectivity index (χ1) is 18.8. The Bertz CT molecular complexity index is 1410. The first kappa shape index (κ1) is 25.0. The molecule has 2 aromatic rings. The number of aliphatic carboxylic acids is 1. The Morgan fingerprint density at radius 1 is 1.08 bits per heavy atom. The molecule has 1 saturated carbocycles. The Hall–Kier alpha value is -2.97. The number of carboxylic acid groups (broad SMARTS) is 1. The van der Waals surface area contributed by atoms with E-state index in [1.807, 2.05) is 23.1 Å². The third kappa shape index (κ3) is 4.23. The standard InChI is InChI=1S/C30H32ClN3O5/c31-23-3-1-2-21(17-4-5-17)25(23)28(36)34-24-14-20(27(35)33-15-30(16-33)12-13-39-30)10-11-22(24)26(32-34)18-6-8-19(9-7-18)29(37)38/h1-3,6,17,19-20H,4-5,7-16H2,(H,37,38). The minimum absolute atomic E-state index is 0.120. The Morgan fingerprint density at radius 2 is 1.85 bits per heavy atom. The van der Waals surface area contributed by atoms with E-state index >= 15 is 0 Å². The van der Waals surface area contributed by atoms with E-state index in [-0.39, 0.29) is 29.3 Å². The lowest BCUT2D eigenvalue weighted by Crippen LogP contribution is -2.70. The van der Waals surface area contributed by atoms with Crippen molar-refractivity contribution in [3.63, 3.8) is 0 Å². The molecule has 8 nitrogen and oxygen atoms in total. The van der Waals surface area contributed by atoms with Crippen LogP contribution in [0.5, 0.6) is 0 Å². The van der Waals surface area contributed by atoms with E-state index in [1.165, 1.54) is 4.68 Å². The van der Waals surface area contributed by atoms with Crippen molar-refractivity contribution in [2.75, 3.05) is 19.7 Å². The van der Waals surface area contributed by atoms with Gasteiger partial charge in [-0.15, -0.1) is 0 Å². The number of nitrogens with zero attached hydrogens (tertiary/aromatic N) is 3. The Balaban J connectivity index is 1.24. The van der Waals surface area contributed by atoms with Gasteiger partial charge in [0.25, 0.3) is 5.91 Å². The van der Waals surface area contributed by atoms with Gasteiger partial charge in [0.2, 0.25) is 5.91 Å². The molecule has 1 N–H and O–H groups in total. The van der Waals surface area contributed by atoms with E-state index in [0.29, 0.717) is 68.1 Å². The number of amides is 1. The summed E-state index contributed by atoms with van der Waals surface area (Å²) < 4.78 is 7.22. The number of carbonyl (C=O) groups excluding carboxylic acids is 2. The van der Waals surface area contributed by atoms with Gasteiger partial charge in [0.15, 0.2) is 0 Å². The molecule has 3 aliphatic carbocycles. The van der Waals surface area contributed by atoms with E-state index in [2.05, 4.69) is 0 Å². The predicted molar refractivity (Wildman–Crippen MR) is 144 cm³/mol. The molecule has 5 aliphatic rings. The van der Waals surface area contributed by atoms with Crippen molar-refractivity contribution >= 4 is 35.0 Å². The summed E-state index contributed by atoms with van der Waals surface area (Å²) in [7, 11) is 0. The van der Waals surface area contributed by atoms with Crippen molar-refractivity contribution in [1.29, 1.82) is 0 Å². The molecule has 2 aliphatic heterocycles. The molecule has 204 valence electrons. The minimum Gasteiger partial charge on any atom is -0.481 e. The van der Waals surface area contributed by atoms with E-state index in [1.54, 1.807) is 6.07 Å². The fraction of sp³-hybridized carbons (Fsp3) is 0.533. The fourth-order valence-corrected chi connectivity index (χ4v) is 7.10. The fourth-order valence-electron chi connectivity index (χ4n) is 6.83. The molecule has 2 saturated heterocycles. The van der Waals surface area contributed by atoms with Crippen molar-refractivity contribution in [1.82, 2.24) is 14.7 Å². The SMILES string of the molecule is O=C(O)C1CC=C(c2nn(C(=O)c3c(Cl)cccc3C3CC3)c3c2CCC(C(=O)N2CC4(CCO4)C2)C3)CC1. The largest absolute Gasteiger partial charge is 0.481 e. The van der Waals surface area contributed by atoms with Crippen LogP contribution >= 0.6 is 11.6 Å². The zero-order valence-electron chi connectivity index (χ0n) is 21.8. The number of carboxylic acids is 1. The number of rotatable bonds is 5. The highest BCUT2D eigenvalue weighted by Crippen LogP contribution is 2.44. The van der Waals surface area contributed by atoms with E-state index in [4.69, 9.17) is 21.4 Å². The van der Waals surface area contributed by atoms with E-state index < -0.39 is 5.97 Å². The number of benzene rings is 1. The molecule has 1 aromatic carbocycles. The maximum Gasteiger partial charge on any atom is 0.306 e. The summed E-state index contributed by atoms with van der Waals surface area (Å²) in [5, 5.41) is 14.8. The lowest BCUT2D eigenvalue weighted by atomic mass is 9.80. The third-order valence-corrected chi connectivity index (χ3v) is 9.71. The number of carbonyl (C=O) groups is 3. The molecule has 7 rings (SSSR count). The van der Waals surface area contributed by atoms with Gasteiger partial charge in [0.1, 0.15) is 5.60 Å². The van der Waals surface area contributed by atoms with Crippen LogP contribution in [0.4, 0.5) is 0 Å². The summed E-state index contributed by atoms with van der Waals surface area (Å²) >= 11 is 6.62. The monoisotopic (exact) mass is 549 g/mol. The number of hydrogen-bond acceptors (Lipinski definition) is 5. The van der Waals surface area contributed by atoms with Gasteiger partial charge < -0.3 is 14.7 Å². The van der Waals surface area contributed by atoms with Gasteiger partial charge in [-0.25, -0.2) is 0 Å². The van der Waals surface area contributed by atoms with Gasteiger partial charge >= 0.3 is 5.97 Å². The number of hydrogen-bond donors (Lipinski definition) is 1. The molecule has 39 heavy (non-hydrogen) atoms. The zero-order chi connectivity index (χ0) is 26.9. The molecule has 9 heteroatoms. The molecule has 1 amide bonds. The van der Waals surface area contributed by atoms with Gasteiger partial charge in [-0.3, -0.25) is 14.4 Å². The zero-order valence-corrected chi connectivity index (χ0v) is 22.6. The van der Waals surface area contributed by atoms with E-state index in [9.17, 15) is 19.5 Å². The lowest BCUT2D eigenvalue weighted by Gasteiger charge is -2.55. The predicted octanol–water partition coefficient (Wildman–Crippen LogP) is 4.48. The summed E-state index contributed by atoms with van der Waals surface area (Å²) in [4.78, 5) is 41.0. The Morgan fingerprint density at radius 3 is 2.49 bits per heavy atom. The average molecular weight is 550 g/mol. The number of halogens is 1. The molecular formula is C30H32ClN3O5. The smallest absolute Gasteiger partial charge is 0.306 e. The first-order valence-corrected chi connectivity index (χ1v) is 14.5. The Labute approximate surface area is 231 Å². The highest BCUT2D eigenvalue weighted by molar-refractivity contribution is 6.34. The minimum atomic E-state index is -0.777. The Kier molecular flexibility index (Phi) is 5.97. The van der Waals surface area contributed by atoms with Gasteiger partial charge in [0, 0.05) is 24.3 Å². The van der Waals surface area contributed by atoms with Crippen LogP contribution in [0.15, 0.2) is 24.3 Å². The van der Waals surface area contributed by atoms with Crippen LogP contribution in [0.3, 0.4) is 0 Å². The van der Waals surface area contributed by atoms with Crippen molar-refractivity contribution in [2.45, 2.75) is 69.3 Å².